The second-order valence-electron chi connectivity index (χ2n) is 8.45. The average Bonchev–Trinajstić information content (AvgIpc) is 3.22. The molecule has 1 amide bonds. The highest BCUT2D eigenvalue weighted by atomic mass is 16.5. The maximum absolute atomic E-state index is 13.5. The third-order valence-electron chi connectivity index (χ3n) is 6.14. The molecule has 0 radical (unpaired) electrons. The zero-order chi connectivity index (χ0) is 24.8. The Morgan fingerprint density at radius 3 is 2.14 bits per heavy atom. The van der Waals surface area contributed by atoms with Crippen LogP contribution in [0.1, 0.15) is 41.9 Å². The minimum atomic E-state index is -0.0118. The maximum Gasteiger partial charge on any atom is 0.254 e. The van der Waals surface area contributed by atoms with Crippen molar-refractivity contribution in [2.24, 2.45) is 0 Å². The van der Waals surface area contributed by atoms with Gasteiger partial charge in [-0.1, -0.05) is 43.3 Å². The van der Waals surface area contributed by atoms with Crippen LogP contribution in [0.15, 0.2) is 84.9 Å². The number of methoxy groups -OCH3 is 1. The van der Waals surface area contributed by atoms with Crippen LogP contribution in [0.25, 0.3) is 5.69 Å². The third-order valence-corrected chi connectivity index (χ3v) is 6.14. The fourth-order valence-corrected chi connectivity index (χ4v) is 3.89. The molecule has 1 heterocycles. The topological polar surface area (TPSA) is 56.6 Å². The predicted octanol–water partition coefficient (Wildman–Crippen LogP) is 6.42. The predicted molar refractivity (Wildman–Crippen MR) is 137 cm³/mol. The van der Waals surface area contributed by atoms with E-state index < -0.39 is 0 Å². The number of carbonyl (C=O) groups excluding carboxylic acids is 1. The zero-order valence-electron chi connectivity index (χ0n) is 20.6. The van der Waals surface area contributed by atoms with Gasteiger partial charge in [0.1, 0.15) is 11.5 Å². The van der Waals surface area contributed by atoms with Crippen LogP contribution in [0.4, 0.5) is 0 Å². The SMILES string of the molecule is CC[C@H](C)N(Cc1c(C)nn(-c2ccccc2)c1Oc1ccc(OC)cc1)C(=O)c1ccccc1. The molecule has 35 heavy (non-hydrogen) atoms. The second-order valence-corrected chi connectivity index (χ2v) is 8.45. The highest BCUT2D eigenvalue weighted by molar-refractivity contribution is 5.94. The Balaban J connectivity index is 1.77. The molecule has 0 bridgehead atoms. The molecule has 180 valence electrons. The number of hydrogen-bond donors (Lipinski definition) is 0. The molecule has 0 aliphatic carbocycles. The van der Waals surface area contributed by atoms with Gasteiger partial charge in [0.2, 0.25) is 5.88 Å². The first kappa shape index (κ1) is 24.1. The fraction of sp³-hybridized carbons (Fsp3) is 0.241. The molecule has 0 aliphatic rings. The lowest BCUT2D eigenvalue weighted by molar-refractivity contribution is 0.0670. The summed E-state index contributed by atoms with van der Waals surface area (Å²) in [7, 11) is 1.63. The lowest BCUT2D eigenvalue weighted by Gasteiger charge is -2.29. The molecule has 4 aromatic rings. The summed E-state index contributed by atoms with van der Waals surface area (Å²) in [5.41, 5.74) is 3.23. The highest BCUT2D eigenvalue weighted by Crippen LogP contribution is 2.33. The number of hydrogen-bond acceptors (Lipinski definition) is 4. The summed E-state index contributed by atoms with van der Waals surface area (Å²) >= 11 is 0. The van der Waals surface area contributed by atoms with Crippen molar-refractivity contribution < 1.29 is 14.3 Å². The van der Waals surface area contributed by atoms with Gasteiger partial charge < -0.3 is 14.4 Å². The molecule has 0 fully saturated rings. The molecule has 0 saturated carbocycles. The van der Waals surface area contributed by atoms with E-state index in [1.165, 1.54) is 0 Å². The van der Waals surface area contributed by atoms with E-state index >= 15 is 0 Å². The van der Waals surface area contributed by atoms with Crippen molar-refractivity contribution in [1.82, 2.24) is 14.7 Å². The molecule has 1 aromatic heterocycles. The summed E-state index contributed by atoms with van der Waals surface area (Å²) in [6.07, 6.45) is 0.832. The van der Waals surface area contributed by atoms with Crippen LogP contribution in [0.3, 0.4) is 0 Å². The molecular weight excluding hydrogens is 438 g/mol. The summed E-state index contributed by atoms with van der Waals surface area (Å²) < 4.78 is 13.5. The number of ether oxygens (including phenoxy) is 2. The molecule has 6 heteroatoms. The number of nitrogens with zero attached hydrogens (tertiary/aromatic N) is 3. The average molecular weight is 470 g/mol. The standard InChI is InChI=1S/C29H31N3O3/c1-5-21(2)31(28(33)23-12-8-6-9-13-23)20-27-22(3)30-32(24-14-10-7-11-15-24)29(27)35-26-18-16-25(34-4)17-19-26/h6-19,21H,5,20H2,1-4H3/t21-/m0/s1. The van der Waals surface area contributed by atoms with Crippen LogP contribution in [0, 0.1) is 6.92 Å². The number of para-hydroxylation sites is 1. The quantitative estimate of drug-likeness (QED) is 0.284. The lowest BCUT2D eigenvalue weighted by atomic mass is 10.1. The Morgan fingerprint density at radius 2 is 1.54 bits per heavy atom. The number of aromatic nitrogens is 2. The van der Waals surface area contributed by atoms with Gasteiger partial charge in [0, 0.05) is 11.6 Å². The van der Waals surface area contributed by atoms with Gasteiger partial charge in [-0.3, -0.25) is 4.79 Å². The largest absolute Gasteiger partial charge is 0.497 e. The first-order chi connectivity index (χ1) is 17.0. The van der Waals surface area contributed by atoms with Crippen LogP contribution < -0.4 is 9.47 Å². The van der Waals surface area contributed by atoms with Gasteiger partial charge in [0.25, 0.3) is 5.91 Å². The summed E-state index contributed by atoms with van der Waals surface area (Å²) in [5, 5.41) is 4.81. The van der Waals surface area contributed by atoms with Gasteiger partial charge >= 0.3 is 0 Å². The Hall–Kier alpha value is -4.06. The minimum absolute atomic E-state index is 0.0118. The van der Waals surface area contributed by atoms with Crippen molar-refractivity contribution in [3.63, 3.8) is 0 Å². The number of carbonyl (C=O) groups is 1. The van der Waals surface area contributed by atoms with Gasteiger partial charge in [0.05, 0.1) is 30.6 Å². The maximum atomic E-state index is 13.5. The van der Waals surface area contributed by atoms with Crippen LogP contribution in [-0.2, 0) is 6.54 Å². The number of amides is 1. The van der Waals surface area contributed by atoms with Gasteiger partial charge in [-0.2, -0.15) is 5.10 Å². The Kier molecular flexibility index (Phi) is 7.51. The number of aryl methyl sites for hydroxylation is 1. The first-order valence-electron chi connectivity index (χ1n) is 11.8. The smallest absolute Gasteiger partial charge is 0.254 e. The van der Waals surface area contributed by atoms with E-state index in [4.69, 9.17) is 14.6 Å². The van der Waals surface area contributed by atoms with Crippen molar-refractivity contribution in [2.75, 3.05) is 7.11 Å². The summed E-state index contributed by atoms with van der Waals surface area (Å²) in [6.45, 7) is 6.50. The van der Waals surface area contributed by atoms with Gasteiger partial charge in [-0.05, 0) is 68.8 Å². The van der Waals surface area contributed by atoms with E-state index in [-0.39, 0.29) is 11.9 Å². The van der Waals surface area contributed by atoms with E-state index in [1.807, 2.05) is 96.8 Å². The lowest BCUT2D eigenvalue weighted by Crippen LogP contribution is -2.38. The van der Waals surface area contributed by atoms with Gasteiger partial charge in [-0.15, -0.1) is 0 Å². The highest BCUT2D eigenvalue weighted by Gasteiger charge is 2.26. The van der Waals surface area contributed by atoms with Gasteiger partial charge in [0.15, 0.2) is 0 Å². The van der Waals surface area contributed by atoms with E-state index in [9.17, 15) is 4.79 Å². The summed E-state index contributed by atoms with van der Waals surface area (Å²) in [4.78, 5) is 15.4. The molecule has 6 nitrogen and oxygen atoms in total. The van der Waals surface area contributed by atoms with Crippen molar-refractivity contribution in [3.8, 4) is 23.1 Å². The van der Waals surface area contributed by atoms with Gasteiger partial charge in [-0.25, -0.2) is 4.68 Å². The second kappa shape index (κ2) is 10.9. The van der Waals surface area contributed by atoms with Crippen LogP contribution in [0.5, 0.6) is 17.4 Å². The Bertz CT molecular complexity index is 1250. The van der Waals surface area contributed by atoms with Crippen molar-refractivity contribution >= 4 is 5.91 Å². The molecule has 1 atom stereocenters. The zero-order valence-corrected chi connectivity index (χ0v) is 20.6. The molecular formula is C29H31N3O3. The number of rotatable bonds is 9. The van der Waals surface area contributed by atoms with Crippen molar-refractivity contribution in [3.05, 3.63) is 102 Å². The third kappa shape index (κ3) is 5.38. The van der Waals surface area contributed by atoms with Crippen LogP contribution >= 0.6 is 0 Å². The molecule has 4 rings (SSSR count). The fourth-order valence-electron chi connectivity index (χ4n) is 3.89. The molecule has 0 N–H and O–H groups in total. The Labute approximate surface area is 206 Å². The molecule has 0 unspecified atom stereocenters. The molecule has 0 spiro atoms. The molecule has 3 aromatic carbocycles. The van der Waals surface area contributed by atoms with Crippen molar-refractivity contribution in [2.45, 2.75) is 39.8 Å². The minimum Gasteiger partial charge on any atom is -0.497 e. The van der Waals surface area contributed by atoms with E-state index in [0.29, 0.717) is 23.7 Å². The van der Waals surface area contributed by atoms with E-state index in [1.54, 1.807) is 11.8 Å². The first-order valence-corrected chi connectivity index (χ1v) is 11.8. The number of benzene rings is 3. The van der Waals surface area contributed by atoms with E-state index in [0.717, 1.165) is 29.1 Å². The van der Waals surface area contributed by atoms with E-state index in [2.05, 4.69) is 13.8 Å². The normalized spacial score (nSPS) is 11.7. The monoisotopic (exact) mass is 469 g/mol. The molecule has 0 saturated heterocycles. The van der Waals surface area contributed by atoms with Crippen molar-refractivity contribution in [1.29, 1.82) is 0 Å². The Morgan fingerprint density at radius 1 is 0.943 bits per heavy atom. The molecule has 0 aliphatic heterocycles. The summed E-state index contributed by atoms with van der Waals surface area (Å²) in [5.74, 6) is 1.99. The van der Waals surface area contributed by atoms with Crippen LogP contribution in [0.2, 0.25) is 0 Å². The van der Waals surface area contributed by atoms with Crippen LogP contribution in [-0.4, -0.2) is 33.7 Å². The summed E-state index contributed by atoms with van der Waals surface area (Å²) in [6, 6.07) is 26.7.